The molecule has 21 heavy (non-hydrogen) atoms. The third-order valence-electron chi connectivity index (χ3n) is 3.79. The topological polar surface area (TPSA) is 113 Å². The third kappa shape index (κ3) is 4.86. The number of ketones is 1. The Balaban J connectivity index is 0.000000194. The van der Waals surface area contributed by atoms with Gasteiger partial charge in [0.15, 0.2) is 5.78 Å². The van der Waals surface area contributed by atoms with Gasteiger partial charge in [-0.3, -0.25) is 14.4 Å². The molecule has 1 saturated heterocycles. The molecule has 2 aliphatic heterocycles. The fourth-order valence-corrected chi connectivity index (χ4v) is 2.61. The van der Waals surface area contributed by atoms with Crippen molar-refractivity contribution in [2.75, 3.05) is 13.1 Å². The predicted octanol–water partition coefficient (Wildman–Crippen LogP) is -1.06. The zero-order chi connectivity index (χ0) is 15.2. The molecule has 7 nitrogen and oxygen atoms in total. The van der Waals surface area contributed by atoms with Crippen molar-refractivity contribution in [3.05, 3.63) is 11.8 Å². The Bertz CT molecular complexity index is 447. The summed E-state index contributed by atoms with van der Waals surface area (Å²) in [6.45, 7) is 0.862. The second-order valence-corrected chi connectivity index (χ2v) is 5.58. The van der Waals surface area contributed by atoms with Crippen LogP contribution in [0.4, 0.5) is 0 Å². The first-order valence-corrected chi connectivity index (χ1v) is 7.33. The summed E-state index contributed by atoms with van der Waals surface area (Å²) in [4.78, 5) is 31.2. The van der Waals surface area contributed by atoms with E-state index < -0.39 is 0 Å². The lowest BCUT2D eigenvalue weighted by Crippen LogP contribution is -2.47. The summed E-state index contributed by atoms with van der Waals surface area (Å²) in [6, 6.07) is 0.586. The maximum atomic E-state index is 10.9. The Morgan fingerprint density at radius 1 is 1.10 bits per heavy atom. The average molecular weight is 294 g/mol. The molecule has 0 aromatic rings. The van der Waals surface area contributed by atoms with Crippen LogP contribution in [-0.4, -0.2) is 42.8 Å². The van der Waals surface area contributed by atoms with E-state index >= 15 is 0 Å². The van der Waals surface area contributed by atoms with Gasteiger partial charge in [0.1, 0.15) is 0 Å². The molecule has 0 unspecified atom stereocenters. The number of nitrogens with two attached hydrogens (primary N) is 1. The molecule has 2 heterocycles. The largest absolute Gasteiger partial charge is 0.382 e. The van der Waals surface area contributed by atoms with Crippen LogP contribution in [0.15, 0.2) is 11.8 Å². The number of amides is 2. The van der Waals surface area contributed by atoms with Crippen molar-refractivity contribution in [2.24, 2.45) is 5.73 Å². The molecule has 7 heteroatoms. The molecule has 2 fully saturated rings. The van der Waals surface area contributed by atoms with Gasteiger partial charge in [-0.25, -0.2) is 0 Å². The second kappa shape index (κ2) is 7.21. The lowest BCUT2D eigenvalue weighted by Gasteiger charge is -2.30. The first kappa shape index (κ1) is 15.5. The molecule has 0 radical (unpaired) electrons. The van der Waals surface area contributed by atoms with Crippen LogP contribution in [0.2, 0.25) is 0 Å². The van der Waals surface area contributed by atoms with E-state index in [1.165, 1.54) is 12.8 Å². The van der Waals surface area contributed by atoms with Gasteiger partial charge in [0, 0.05) is 23.9 Å². The van der Waals surface area contributed by atoms with E-state index in [0.717, 1.165) is 18.5 Å². The van der Waals surface area contributed by atoms with Gasteiger partial charge in [-0.15, -0.1) is 0 Å². The second-order valence-electron chi connectivity index (χ2n) is 5.58. The van der Waals surface area contributed by atoms with Crippen LogP contribution < -0.4 is 21.7 Å². The van der Waals surface area contributed by atoms with E-state index in [4.69, 9.17) is 5.73 Å². The summed E-state index contributed by atoms with van der Waals surface area (Å²) in [7, 11) is 0. The van der Waals surface area contributed by atoms with Crippen molar-refractivity contribution in [3.63, 3.8) is 0 Å². The summed E-state index contributed by atoms with van der Waals surface area (Å²) in [5.74, 6) is -0.160. The minimum Gasteiger partial charge on any atom is -0.382 e. The molecule has 2 atom stereocenters. The number of rotatable bonds is 2. The highest BCUT2D eigenvalue weighted by atomic mass is 16.2. The number of hydrogen-bond donors (Lipinski definition) is 4. The van der Waals surface area contributed by atoms with Crippen LogP contribution in [0.25, 0.3) is 0 Å². The standard InChI is InChI=1S/C10H17N3O.C4H5NO2/c11-8-3-1-2-4-9(8)13-7-5-10(14)12-6-7;6-3-1-4(7)5-2-3/h5,8-9,13H,1-4,6,11H2,(H,12,14);1-2H2,(H,5,7)/t8-,9-;/m1./s1. The summed E-state index contributed by atoms with van der Waals surface area (Å²) in [5.41, 5.74) is 6.98. The number of nitrogens with one attached hydrogen (secondary N) is 3. The Morgan fingerprint density at radius 2 is 1.86 bits per heavy atom. The van der Waals surface area contributed by atoms with Gasteiger partial charge in [-0.1, -0.05) is 12.8 Å². The monoisotopic (exact) mass is 294 g/mol. The first-order valence-electron chi connectivity index (χ1n) is 7.33. The minimum absolute atomic E-state index is 0.00289. The fourth-order valence-electron chi connectivity index (χ4n) is 2.61. The maximum Gasteiger partial charge on any atom is 0.246 e. The van der Waals surface area contributed by atoms with Crippen LogP contribution >= 0.6 is 0 Å². The highest BCUT2D eigenvalue weighted by Gasteiger charge is 2.23. The van der Waals surface area contributed by atoms with Crippen molar-refractivity contribution < 1.29 is 14.4 Å². The van der Waals surface area contributed by atoms with E-state index in [1.807, 2.05) is 0 Å². The van der Waals surface area contributed by atoms with Gasteiger partial charge in [0.25, 0.3) is 0 Å². The molecule has 0 bridgehead atoms. The smallest absolute Gasteiger partial charge is 0.246 e. The van der Waals surface area contributed by atoms with Crippen molar-refractivity contribution in [3.8, 4) is 0 Å². The quantitative estimate of drug-likeness (QED) is 0.485. The normalized spacial score (nSPS) is 28.2. The predicted molar refractivity (Wildman–Crippen MR) is 77.1 cm³/mol. The summed E-state index contributed by atoms with van der Waals surface area (Å²) in [5, 5.41) is 8.47. The van der Waals surface area contributed by atoms with Crippen molar-refractivity contribution in [1.82, 2.24) is 16.0 Å². The number of carbonyl (C=O) groups is 3. The Morgan fingerprint density at radius 3 is 2.33 bits per heavy atom. The molecule has 0 aromatic carbocycles. The Kier molecular flexibility index (Phi) is 5.32. The molecule has 3 rings (SSSR count). The van der Waals surface area contributed by atoms with Gasteiger partial charge >= 0.3 is 0 Å². The molecular weight excluding hydrogens is 272 g/mol. The van der Waals surface area contributed by atoms with Gasteiger partial charge in [-0.2, -0.15) is 0 Å². The van der Waals surface area contributed by atoms with E-state index in [2.05, 4.69) is 16.0 Å². The molecule has 5 N–H and O–H groups in total. The molecule has 0 spiro atoms. The average Bonchev–Trinajstić information content (AvgIpc) is 3.02. The molecule has 1 aliphatic carbocycles. The van der Waals surface area contributed by atoms with Crippen molar-refractivity contribution in [2.45, 2.75) is 44.2 Å². The van der Waals surface area contributed by atoms with E-state index in [9.17, 15) is 14.4 Å². The maximum absolute atomic E-state index is 10.9. The zero-order valence-corrected chi connectivity index (χ0v) is 12.0. The summed E-state index contributed by atoms with van der Waals surface area (Å²) in [6.07, 6.45) is 6.38. The van der Waals surface area contributed by atoms with Crippen LogP contribution in [0.5, 0.6) is 0 Å². The number of Topliss-reactive ketones (excluding diaryl/α,β-unsaturated/α-hetero) is 1. The number of carbonyl (C=O) groups excluding carboxylic acids is 3. The molecule has 116 valence electrons. The lowest BCUT2D eigenvalue weighted by molar-refractivity contribution is -0.122. The van der Waals surface area contributed by atoms with Crippen LogP contribution in [0, 0.1) is 0 Å². The van der Waals surface area contributed by atoms with Crippen LogP contribution in [0.3, 0.4) is 0 Å². The van der Waals surface area contributed by atoms with Crippen molar-refractivity contribution in [1.29, 1.82) is 0 Å². The SMILES string of the molecule is N[C@@H]1CCCC[C@H]1NC1=CC(=O)NC1.O=C1CNC(=O)C1. The van der Waals surface area contributed by atoms with Crippen LogP contribution in [-0.2, 0) is 14.4 Å². The molecule has 0 aromatic heterocycles. The minimum atomic E-state index is -0.148. The molecule has 3 aliphatic rings. The molecular formula is C14H22N4O3. The van der Waals surface area contributed by atoms with Gasteiger partial charge in [0.05, 0.1) is 19.5 Å². The molecule has 2 amide bonds. The summed E-state index contributed by atoms with van der Waals surface area (Å²) < 4.78 is 0. The highest BCUT2D eigenvalue weighted by Crippen LogP contribution is 2.18. The van der Waals surface area contributed by atoms with E-state index in [-0.39, 0.29) is 36.6 Å². The van der Waals surface area contributed by atoms with Gasteiger partial charge in [0.2, 0.25) is 11.8 Å². The number of hydrogen-bond acceptors (Lipinski definition) is 5. The van der Waals surface area contributed by atoms with Gasteiger partial charge in [-0.05, 0) is 12.8 Å². The third-order valence-corrected chi connectivity index (χ3v) is 3.79. The zero-order valence-electron chi connectivity index (χ0n) is 12.0. The van der Waals surface area contributed by atoms with E-state index in [0.29, 0.717) is 12.6 Å². The molecule has 1 saturated carbocycles. The Labute approximate surface area is 123 Å². The Hall–Kier alpha value is -1.89. The highest BCUT2D eigenvalue weighted by molar-refractivity contribution is 6.05. The first-order chi connectivity index (χ1) is 10.0. The van der Waals surface area contributed by atoms with Crippen LogP contribution in [0.1, 0.15) is 32.1 Å². The lowest BCUT2D eigenvalue weighted by atomic mass is 9.91. The van der Waals surface area contributed by atoms with E-state index in [1.54, 1.807) is 6.08 Å². The summed E-state index contributed by atoms with van der Waals surface area (Å²) >= 11 is 0. The fraction of sp³-hybridized carbons (Fsp3) is 0.643. The van der Waals surface area contributed by atoms with Crippen molar-refractivity contribution >= 4 is 17.6 Å². The van der Waals surface area contributed by atoms with Gasteiger partial charge < -0.3 is 21.7 Å².